The van der Waals surface area contributed by atoms with Gasteiger partial charge in [-0.1, -0.05) is 6.07 Å². The predicted octanol–water partition coefficient (Wildman–Crippen LogP) is 3.66. The van der Waals surface area contributed by atoms with Gasteiger partial charge < -0.3 is 11.1 Å². The zero-order valence-electron chi connectivity index (χ0n) is 11.1. The number of carbonyl (C=O) groups is 1. The van der Waals surface area contributed by atoms with E-state index in [0.29, 0.717) is 22.5 Å². The lowest BCUT2D eigenvalue weighted by Gasteiger charge is -2.03. The third-order valence-corrected chi connectivity index (χ3v) is 5.25. The maximum absolute atomic E-state index is 13.2. The van der Waals surface area contributed by atoms with Crippen LogP contribution in [0.15, 0.2) is 35.7 Å². The zero-order valence-corrected chi connectivity index (χ0v) is 12.7. The van der Waals surface area contributed by atoms with Crippen LogP contribution in [0.5, 0.6) is 0 Å². The van der Waals surface area contributed by atoms with Crippen molar-refractivity contribution in [2.75, 3.05) is 12.3 Å². The molecule has 3 aromatic rings. The van der Waals surface area contributed by atoms with E-state index in [4.69, 9.17) is 5.73 Å². The van der Waals surface area contributed by atoms with Crippen LogP contribution in [0.3, 0.4) is 0 Å². The fourth-order valence-electron chi connectivity index (χ4n) is 2.09. The van der Waals surface area contributed by atoms with Gasteiger partial charge in [-0.25, -0.2) is 4.39 Å². The van der Waals surface area contributed by atoms with E-state index in [-0.39, 0.29) is 11.7 Å². The summed E-state index contributed by atoms with van der Waals surface area (Å²) in [6.07, 6.45) is 0.794. The van der Waals surface area contributed by atoms with Crippen LogP contribution in [-0.2, 0) is 6.42 Å². The molecule has 0 saturated heterocycles. The Hall–Kier alpha value is -1.92. The number of rotatable bonds is 4. The van der Waals surface area contributed by atoms with E-state index >= 15 is 0 Å². The number of nitrogen functional groups attached to an aromatic ring is 1. The highest BCUT2D eigenvalue weighted by Gasteiger charge is 2.16. The average Bonchev–Trinajstić information content (AvgIpc) is 3.08. The molecule has 0 spiro atoms. The molecule has 1 amide bonds. The Morgan fingerprint density at radius 1 is 1.33 bits per heavy atom. The molecule has 0 saturated carbocycles. The van der Waals surface area contributed by atoms with Crippen LogP contribution in [0.25, 0.3) is 10.1 Å². The van der Waals surface area contributed by atoms with E-state index in [0.717, 1.165) is 11.1 Å². The van der Waals surface area contributed by atoms with Crippen LogP contribution in [0, 0.1) is 5.82 Å². The molecule has 0 aliphatic rings. The van der Waals surface area contributed by atoms with Gasteiger partial charge >= 0.3 is 0 Å². The first-order valence-electron chi connectivity index (χ1n) is 6.43. The largest absolute Gasteiger partial charge is 0.397 e. The van der Waals surface area contributed by atoms with Crippen LogP contribution in [0.4, 0.5) is 10.1 Å². The van der Waals surface area contributed by atoms with Crippen molar-refractivity contribution in [3.05, 3.63) is 51.3 Å². The number of hydrogen-bond donors (Lipinski definition) is 2. The summed E-state index contributed by atoms with van der Waals surface area (Å²) in [6.45, 7) is 0.557. The summed E-state index contributed by atoms with van der Waals surface area (Å²) in [6, 6.07) is 8.40. The highest BCUT2D eigenvalue weighted by atomic mass is 32.1. The maximum atomic E-state index is 13.2. The van der Waals surface area contributed by atoms with Gasteiger partial charge in [0.15, 0.2) is 0 Å². The Balaban J connectivity index is 1.73. The lowest BCUT2D eigenvalue weighted by molar-refractivity contribution is 0.0959. The molecule has 108 valence electrons. The van der Waals surface area contributed by atoms with Crippen molar-refractivity contribution in [3.8, 4) is 0 Å². The number of anilines is 1. The third kappa shape index (κ3) is 2.91. The minimum absolute atomic E-state index is 0.203. The molecule has 0 unspecified atom stereocenters. The summed E-state index contributed by atoms with van der Waals surface area (Å²) in [4.78, 5) is 13.8. The molecule has 0 aliphatic carbocycles. The van der Waals surface area contributed by atoms with Crippen LogP contribution in [0.2, 0.25) is 0 Å². The van der Waals surface area contributed by atoms with Crippen molar-refractivity contribution in [1.82, 2.24) is 5.32 Å². The van der Waals surface area contributed by atoms with Crippen molar-refractivity contribution >= 4 is 44.4 Å². The zero-order chi connectivity index (χ0) is 14.8. The van der Waals surface area contributed by atoms with Gasteiger partial charge in [0, 0.05) is 21.5 Å². The number of amides is 1. The predicted molar refractivity (Wildman–Crippen MR) is 86.6 cm³/mol. The van der Waals surface area contributed by atoms with Crippen molar-refractivity contribution in [2.45, 2.75) is 6.42 Å². The highest BCUT2D eigenvalue weighted by Crippen LogP contribution is 2.33. The second-order valence-corrected chi connectivity index (χ2v) is 6.66. The van der Waals surface area contributed by atoms with Crippen LogP contribution >= 0.6 is 22.7 Å². The van der Waals surface area contributed by atoms with Crippen LogP contribution in [0.1, 0.15) is 14.5 Å². The number of nitrogens with two attached hydrogens (primary N) is 1. The number of halogens is 1. The number of hydrogen-bond acceptors (Lipinski definition) is 4. The molecule has 0 atom stereocenters. The maximum Gasteiger partial charge on any atom is 0.263 e. The normalized spacial score (nSPS) is 10.9. The number of fused-ring (bicyclic) bond motifs is 1. The molecule has 3 N–H and O–H groups in total. The number of benzene rings is 1. The van der Waals surface area contributed by atoms with E-state index in [1.165, 1.54) is 28.3 Å². The average molecular weight is 320 g/mol. The summed E-state index contributed by atoms with van der Waals surface area (Å²) in [5.74, 6) is -0.553. The number of thiophene rings is 2. The third-order valence-electron chi connectivity index (χ3n) is 3.13. The molecule has 6 heteroatoms. The van der Waals surface area contributed by atoms with Crippen molar-refractivity contribution in [1.29, 1.82) is 0 Å². The summed E-state index contributed by atoms with van der Waals surface area (Å²) in [5, 5.41) is 5.47. The Kier molecular flexibility index (Phi) is 3.90. The molecule has 0 radical (unpaired) electrons. The van der Waals surface area contributed by atoms with E-state index < -0.39 is 0 Å². The molecule has 3 nitrogen and oxygen atoms in total. The van der Waals surface area contributed by atoms with Gasteiger partial charge in [-0.3, -0.25) is 4.79 Å². The van der Waals surface area contributed by atoms with Gasteiger partial charge in [0.1, 0.15) is 10.7 Å². The topological polar surface area (TPSA) is 55.1 Å². The van der Waals surface area contributed by atoms with Crippen molar-refractivity contribution in [2.24, 2.45) is 0 Å². The monoisotopic (exact) mass is 320 g/mol. The number of nitrogens with one attached hydrogen (secondary N) is 1. The Labute approximate surface area is 129 Å². The second kappa shape index (κ2) is 5.83. The van der Waals surface area contributed by atoms with Crippen LogP contribution < -0.4 is 11.1 Å². The SMILES string of the molecule is Nc1c(C(=O)NCCc2cccs2)sc2ccc(F)cc12. The minimum Gasteiger partial charge on any atom is -0.397 e. The molecule has 2 heterocycles. The molecule has 3 rings (SSSR count). The fraction of sp³-hybridized carbons (Fsp3) is 0.133. The molecule has 0 bridgehead atoms. The van der Waals surface area contributed by atoms with Crippen molar-refractivity contribution in [3.63, 3.8) is 0 Å². The summed E-state index contributed by atoms with van der Waals surface area (Å²) in [7, 11) is 0. The first kappa shape index (κ1) is 14.0. The second-order valence-electron chi connectivity index (χ2n) is 4.57. The lowest BCUT2D eigenvalue weighted by atomic mass is 10.2. The van der Waals surface area contributed by atoms with Gasteiger partial charge in [-0.2, -0.15) is 0 Å². The van der Waals surface area contributed by atoms with E-state index in [2.05, 4.69) is 5.32 Å². The molecular formula is C15H13FN2OS2. The van der Waals surface area contributed by atoms with Gasteiger partial charge in [0.05, 0.1) is 5.69 Å². The smallest absolute Gasteiger partial charge is 0.263 e. The first-order valence-corrected chi connectivity index (χ1v) is 8.13. The van der Waals surface area contributed by atoms with Gasteiger partial charge in [-0.15, -0.1) is 22.7 Å². The van der Waals surface area contributed by atoms with E-state index in [1.54, 1.807) is 17.4 Å². The van der Waals surface area contributed by atoms with Gasteiger partial charge in [0.25, 0.3) is 5.91 Å². The van der Waals surface area contributed by atoms with E-state index in [1.807, 2.05) is 17.5 Å². The number of carbonyl (C=O) groups excluding carboxylic acids is 1. The Morgan fingerprint density at radius 3 is 2.95 bits per heavy atom. The summed E-state index contributed by atoms with van der Waals surface area (Å²) in [5.41, 5.74) is 6.31. The Morgan fingerprint density at radius 2 is 2.19 bits per heavy atom. The highest BCUT2D eigenvalue weighted by molar-refractivity contribution is 7.21. The quantitative estimate of drug-likeness (QED) is 0.771. The first-order chi connectivity index (χ1) is 10.1. The molecule has 21 heavy (non-hydrogen) atoms. The molecule has 1 aromatic carbocycles. The molecule has 0 fully saturated rings. The molecular weight excluding hydrogens is 307 g/mol. The van der Waals surface area contributed by atoms with Gasteiger partial charge in [0.2, 0.25) is 0 Å². The lowest BCUT2D eigenvalue weighted by Crippen LogP contribution is -2.25. The van der Waals surface area contributed by atoms with Gasteiger partial charge in [-0.05, 0) is 36.1 Å². The fourth-order valence-corrected chi connectivity index (χ4v) is 3.82. The molecule has 2 aromatic heterocycles. The van der Waals surface area contributed by atoms with Crippen molar-refractivity contribution < 1.29 is 9.18 Å². The van der Waals surface area contributed by atoms with E-state index in [9.17, 15) is 9.18 Å². The standard InChI is InChI=1S/C15H13FN2OS2/c16-9-3-4-12-11(8-9)13(17)14(21-12)15(19)18-6-5-10-2-1-7-20-10/h1-4,7-8H,5-6,17H2,(H,18,19). The summed E-state index contributed by atoms with van der Waals surface area (Å²) < 4.78 is 14.1. The minimum atomic E-state index is -0.350. The summed E-state index contributed by atoms with van der Waals surface area (Å²) >= 11 is 2.95. The molecule has 0 aliphatic heterocycles. The Bertz CT molecular complexity index is 780. The van der Waals surface area contributed by atoms with Crippen LogP contribution in [-0.4, -0.2) is 12.5 Å².